The second-order valence-electron chi connectivity index (χ2n) is 5.03. The molecule has 0 bridgehead atoms. The highest BCUT2D eigenvalue weighted by Gasteiger charge is 2.02. The van der Waals surface area contributed by atoms with Gasteiger partial charge in [-0.05, 0) is 12.0 Å². The first-order valence-electron chi connectivity index (χ1n) is 9.58. The number of ether oxygens (including phenoxy) is 1. The summed E-state index contributed by atoms with van der Waals surface area (Å²) in [7, 11) is 0. The maximum Gasteiger partial charge on any atom is 0.404 e. The third kappa shape index (κ3) is 35.7. The summed E-state index contributed by atoms with van der Waals surface area (Å²) >= 11 is 0. The van der Waals surface area contributed by atoms with Crippen molar-refractivity contribution >= 4 is 24.3 Å². The minimum absolute atomic E-state index is 0.200. The van der Waals surface area contributed by atoms with Gasteiger partial charge in [0.15, 0.2) is 0 Å². The lowest BCUT2D eigenvalue weighted by atomic mass is 10.2. The molecule has 4 N–H and O–H groups in total. The smallest absolute Gasteiger partial charge is 0.404 e. The van der Waals surface area contributed by atoms with Gasteiger partial charge in [0.05, 0.1) is 0 Å². The summed E-state index contributed by atoms with van der Waals surface area (Å²) in [5.74, 6) is -1.40. The van der Waals surface area contributed by atoms with E-state index in [0.717, 1.165) is 11.8 Å². The molecule has 1 rings (SSSR count). The lowest BCUT2D eigenvalue weighted by molar-refractivity contribution is -0.138. The molecule has 0 heterocycles. The van der Waals surface area contributed by atoms with Gasteiger partial charge in [-0.3, -0.25) is 9.59 Å². The topological polar surface area (TPSA) is 136 Å². The van der Waals surface area contributed by atoms with Gasteiger partial charge in [-0.15, -0.1) is 12.8 Å². The van der Waals surface area contributed by atoms with Crippen molar-refractivity contribution in [3.8, 4) is 12.8 Å². The Morgan fingerprint density at radius 2 is 1.63 bits per heavy atom. The van der Waals surface area contributed by atoms with Crippen molar-refractivity contribution in [1.82, 2.24) is 5.32 Å². The number of nitrogens with two attached hydrogens (primary N) is 1. The van der Waals surface area contributed by atoms with E-state index in [1.54, 1.807) is 0 Å². The van der Waals surface area contributed by atoms with E-state index in [0.29, 0.717) is 12.8 Å². The number of amides is 2. The highest BCUT2D eigenvalue weighted by molar-refractivity contribution is 5.81. The van der Waals surface area contributed by atoms with Crippen molar-refractivity contribution < 1.29 is 29.0 Å². The summed E-state index contributed by atoms with van der Waals surface area (Å²) in [4.78, 5) is 40.7. The molecule has 0 aromatic heterocycles. The molecule has 0 fully saturated rings. The molecule has 0 aliphatic rings. The van der Waals surface area contributed by atoms with Crippen molar-refractivity contribution in [2.24, 2.45) is 5.73 Å². The number of nitrogens with one attached hydrogen (secondary N) is 1. The fourth-order valence-corrected chi connectivity index (χ4v) is 1.34. The van der Waals surface area contributed by atoms with Gasteiger partial charge >= 0.3 is 12.1 Å². The summed E-state index contributed by atoms with van der Waals surface area (Å²) in [6, 6.07) is 9.37. The number of benzene rings is 1. The number of carboxylic acid groups (broad SMARTS) is 1. The quantitative estimate of drug-likeness (QED) is 0.332. The molecule has 0 unspecified atom stereocenters. The van der Waals surface area contributed by atoms with Crippen molar-refractivity contribution in [2.45, 2.75) is 60.0 Å². The Morgan fingerprint density at radius 3 is 2.03 bits per heavy atom. The molecule has 30 heavy (non-hydrogen) atoms. The molecule has 8 nitrogen and oxygen atoms in total. The Morgan fingerprint density at radius 1 is 1.13 bits per heavy atom. The molecule has 0 spiro atoms. The first-order chi connectivity index (χ1) is 14.4. The largest absolute Gasteiger partial charge is 0.480 e. The molecule has 1 aromatic rings. The van der Waals surface area contributed by atoms with E-state index in [2.05, 4.69) is 36.7 Å². The molecule has 2 amide bonds. The van der Waals surface area contributed by atoms with Gasteiger partial charge in [-0.25, -0.2) is 4.79 Å². The molecular formula is C22H36N2O6. The molecule has 0 aliphatic heterocycles. The predicted octanol–water partition coefficient (Wildman–Crippen LogP) is 3.53. The number of primary amides is 1. The number of carbonyl (C=O) groups is 4. The van der Waals surface area contributed by atoms with Crippen LogP contribution in [-0.2, 0) is 25.7 Å². The van der Waals surface area contributed by atoms with Crippen LogP contribution >= 0.6 is 0 Å². The Hall–Kier alpha value is -3.34. The van der Waals surface area contributed by atoms with Crippen LogP contribution < -0.4 is 11.1 Å². The zero-order chi connectivity index (χ0) is 24.2. The Balaban J connectivity index is -0.000000174. The maximum atomic E-state index is 10.7. The fourth-order valence-electron chi connectivity index (χ4n) is 1.34. The second-order valence-corrected chi connectivity index (χ2v) is 5.03. The molecule has 0 aliphatic carbocycles. The van der Waals surface area contributed by atoms with E-state index in [1.807, 2.05) is 44.2 Å². The van der Waals surface area contributed by atoms with E-state index >= 15 is 0 Å². The SMILES string of the molecule is C#C.CC.CCC.NC(=O)OCc1ccccc1.O=CCCCC(=O)NCC(=O)O. The number of carbonyl (C=O) groups excluding carboxylic acids is 3. The number of terminal acetylenes is 1. The van der Waals surface area contributed by atoms with Crippen LogP contribution in [-0.4, -0.2) is 35.9 Å². The number of rotatable bonds is 8. The molecule has 0 atom stereocenters. The Bertz CT molecular complexity index is 559. The van der Waals surface area contributed by atoms with Crippen LogP contribution in [0.3, 0.4) is 0 Å². The highest BCUT2D eigenvalue weighted by Crippen LogP contribution is 1.99. The van der Waals surface area contributed by atoms with Crippen LogP contribution in [0.15, 0.2) is 30.3 Å². The summed E-state index contributed by atoms with van der Waals surface area (Å²) in [6.07, 6.45) is 10.2. The van der Waals surface area contributed by atoms with E-state index in [-0.39, 0.29) is 25.5 Å². The molecule has 8 heteroatoms. The van der Waals surface area contributed by atoms with Crippen LogP contribution in [0, 0.1) is 12.8 Å². The van der Waals surface area contributed by atoms with Crippen molar-refractivity contribution in [3.05, 3.63) is 35.9 Å². The number of carboxylic acids is 1. The summed E-state index contributed by atoms with van der Waals surface area (Å²) in [5, 5.41) is 10.3. The van der Waals surface area contributed by atoms with Gasteiger partial charge in [0.2, 0.25) is 5.91 Å². The van der Waals surface area contributed by atoms with Gasteiger partial charge in [0.25, 0.3) is 0 Å². The minimum Gasteiger partial charge on any atom is -0.480 e. The summed E-state index contributed by atoms with van der Waals surface area (Å²) < 4.78 is 4.57. The first kappa shape index (κ1) is 34.2. The monoisotopic (exact) mass is 424 g/mol. The van der Waals surface area contributed by atoms with Crippen molar-refractivity contribution in [1.29, 1.82) is 0 Å². The zero-order valence-corrected chi connectivity index (χ0v) is 18.4. The molecule has 170 valence electrons. The van der Waals surface area contributed by atoms with Crippen LogP contribution in [0.5, 0.6) is 0 Å². The highest BCUT2D eigenvalue weighted by atomic mass is 16.5. The van der Waals surface area contributed by atoms with Crippen molar-refractivity contribution in [3.63, 3.8) is 0 Å². The van der Waals surface area contributed by atoms with Crippen LogP contribution in [0.4, 0.5) is 4.79 Å². The van der Waals surface area contributed by atoms with Crippen LogP contribution in [0.2, 0.25) is 0 Å². The van der Waals surface area contributed by atoms with E-state index in [1.165, 1.54) is 6.42 Å². The van der Waals surface area contributed by atoms with Gasteiger partial charge in [0, 0.05) is 12.8 Å². The molecule has 1 aromatic carbocycles. The third-order valence-corrected chi connectivity index (χ3v) is 2.39. The lowest BCUT2D eigenvalue weighted by Gasteiger charge is -1.99. The summed E-state index contributed by atoms with van der Waals surface area (Å²) in [5.41, 5.74) is 5.72. The average molecular weight is 425 g/mol. The fraction of sp³-hybridized carbons (Fsp3) is 0.455. The molecule has 0 saturated heterocycles. The van der Waals surface area contributed by atoms with Gasteiger partial charge in [-0.2, -0.15) is 0 Å². The number of hydrogen-bond donors (Lipinski definition) is 3. The number of aliphatic carboxylic acids is 1. The number of unbranched alkanes of at least 4 members (excludes halogenated alkanes) is 1. The predicted molar refractivity (Wildman–Crippen MR) is 119 cm³/mol. The van der Waals surface area contributed by atoms with Crippen LogP contribution in [0.1, 0.15) is 58.9 Å². The Labute approximate surface area is 180 Å². The van der Waals surface area contributed by atoms with Gasteiger partial charge in [-0.1, -0.05) is 64.4 Å². The first-order valence-corrected chi connectivity index (χ1v) is 9.58. The number of hydrogen-bond acceptors (Lipinski definition) is 5. The van der Waals surface area contributed by atoms with E-state index in [9.17, 15) is 19.2 Å². The lowest BCUT2D eigenvalue weighted by Crippen LogP contribution is -2.28. The third-order valence-electron chi connectivity index (χ3n) is 2.39. The number of aldehydes is 1. The van der Waals surface area contributed by atoms with Crippen LogP contribution in [0.25, 0.3) is 0 Å². The maximum absolute atomic E-state index is 10.7. The van der Waals surface area contributed by atoms with E-state index < -0.39 is 12.1 Å². The summed E-state index contributed by atoms with van der Waals surface area (Å²) in [6.45, 7) is 8.14. The zero-order valence-electron chi connectivity index (χ0n) is 18.4. The standard InChI is InChI=1S/C8H9NO2.C7H11NO4.C3H8.C2H6.C2H2/c9-8(10)11-6-7-4-2-1-3-5-7;9-4-2-1-3-6(10)8-5-7(11)12;1-3-2;2*1-2/h1-5H,6H2,(H2,9,10);4H,1-3,5H2,(H,8,10)(H,11,12);3H2,1-2H3;1-2H3;1-2H. The molecule has 0 saturated carbocycles. The molecular weight excluding hydrogens is 388 g/mol. The second kappa shape index (κ2) is 30.4. The minimum atomic E-state index is -1.07. The van der Waals surface area contributed by atoms with Gasteiger partial charge < -0.3 is 25.7 Å². The van der Waals surface area contributed by atoms with Gasteiger partial charge in [0.1, 0.15) is 19.4 Å². The Kier molecular flexibility index (Phi) is 34.6. The average Bonchev–Trinajstić information content (AvgIpc) is 2.75. The molecule has 0 radical (unpaired) electrons. The van der Waals surface area contributed by atoms with Crippen molar-refractivity contribution in [2.75, 3.05) is 6.54 Å². The normalized spacial score (nSPS) is 7.80. The van der Waals surface area contributed by atoms with E-state index in [4.69, 9.17) is 10.8 Å².